The van der Waals surface area contributed by atoms with Crippen molar-refractivity contribution in [3.05, 3.63) is 40.8 Å². The van der Waals surface area contributed by atoms with Gasteiger partial charge >= 0.3 is 0 Å². The third-order valence-electron chi connectivity index (χ3n) is 3.97. The normalized spacial score (nSPS) is 13.4. The summed E-state index contributed by atoms with van der Waals surface area (Å²) in [6.45, 7) is 2.41. The number of rotatable bonds is 5. The molecular formula is C16H18N8S. The molecule has 0 fully saturated rings. The van der Waals surface area contributed by atoms with Gasteiger partial charge in [-0.3, -0.25) is 4.98 Å². The number of nitrogens with zero attached hydrogens (tertiary/aromatic N) is 5. The maximum atomic E-state index is 5.63. The number of hydrogen-bond donors (Lipinski definition) is 3. The Labute approximate surface area is 149 Å². The fourth-order valence-corrected chi connectivity index (χ4v) is 3.39. The summed E-state index contributed by atoms with van der Waals surface area (Å²) in [5.74, 6) is 1.58. The summed E-state index contributed by atoms with van der Waals surface area (Å²) < 4.78 is 0. The number of nitrogen functional groups attached to an aromatic ring is 1. The lowest BCUT2D eigenvalue weighted by Crippen LogP contribution is -2.27. The van der Waals surface area contributed by atoms with E-state index in [4.69, 9.17) is 15.7 Å². The Morgan fingerprint density at radius 3 is 3.04 bits per heavy atom. The number of pyridine rings is 1. The van der Waals surface area contributed by atoms with Crippen molar-refractivity contribution in [3.63, 3.8) is 0 Å². The minimum Gasteiger partial charge on any atom is -0.374 e. The molecule has 9 heteroatoms. The van der Waals surface area contributed by atoms with Crippen LogP contribution in [-0.4, -0.2) is 38.2 Å². The third-order valence-corrected chi connectivity index (χ3v) is 4.78. The number of nitrogens with two attached hydrogens (primary N) is 1. The first-order valence-electron chi connectivity index (χ1n) is 8.12. The molecule has 1 aliphatic rings. The quantitative estimate of drug-likeness (QED) is 0.627. The fraction of sp³-hybridized carbons (Fsp3) is 0.312. The van der Waals surface area contributed by atoms with E-state index in [0.717, 1.165) is 54.6 Å². The number of nitrogens with one attached hydrogen (secondary N) is 2. The van der Waals surface area contributed by atoms with E-state index in [1.165, 1.54) is 16.9 Å². The lowest BCUT2D eigenvalue weighted by Gasteiger charge is -2.20. The minimum atomic E-state index is 0.499. The molecule has 8 nitrogen and oxygen atoms in total. The number of anilines is 2. The summed E-state index contributed by atoms with van der Waals surface area (Å²) in [5.41, 5.74) is 8.77. The summed E-state index contributed by atoms with van der Waals surface area (Å²) in [5, 5.41) is 16.1. The van der Waals surface area contributed by atoms with Crippen molar-refractivity contribution in [2.75, 3.05) is 24.1 Å². The molecule has 0 atom stereocenters. The fourth-order valence-electron chi connectivity index (χ4n) is 2.79. The van der Waals surface area contributed by atoms with Crippen LogP contribution in [0, 0.1) is 0 Å². The summed E-state index contributed by atoms with van der Waals surface area (Å²) in [6.07, 6.45) is 5.20. The van der Waals surface area contributed by atoms with E-state index < -0.39 is 0 Å². The molecule has 0 aromatic carbocycles. The molecule has 0 amide bonds. The van der Waals surface area contributed by atoms with Crippen LogP contribution in [0.2, 0.25) is 0 Å². The zero-order chi connectivity index (χ0) is 17.1. The second-order valence-electron chi connectivity index (χ2n) is 5.70. The summed E-state index contributed by atoms with van der Waals surface area (Å²) in [4.78, 5) is 13.6. The van der Waals surface area contributed by atoms with Gasteiger partial charge in [-0.1, -0.05) is 11.3 Å². The van der Waals surface area contributed by atoms with Gasteiger partial charge in [0.1, 0.15) is 10.8 Å². The average molecular weight is 354 g/mol. The van der Waals surface area contributed by atoms with E-state index in [0.29, 0.717) is 11.0 Å². The van der Waals surface area contributed by atoms with E-state index in [9.17, 15) is 0 Å². The molecule has 0 radical (unpaired) electrons. The molecule has 1 aliphatic heterocycles. The lowest BCUT2D eigenvalue weighted by molar-refractivity contribution is 0.625. The maximum absolute atomic E-state index is 5.63. The predicted molar refractivity (Wildman–Crippen MR) is 97.2 cm³/mol. The number of aromatic nitrogens is 5. The molecule has 4 N–H and O–H groups in total. The van der Waals surface area contributed by atoms with E-state index in [1.807, 2.05) is 12.1 Å². The van der Waals surface area contributed by atoms with E-state index in [-0.39, 0.29) is 0 Å². The Morgan fingerprint density at radius 2 is 2.24 bits per heavy atom. The van der Waals surface area contributed by atoms with Gasteiger partial charge in [-0.05, 0) is 25.1 Å². The van der Waals surface area contributed by atoms with Crippen LogP contribution in [0.4, 0.5) is 10.9 Å². The minimum absolute atomic E-state index is 0.499. The van der Waals surface area contributed by atoms with Crippen LogP contribution in [0.15, 0.2) is 24.5 Å². The van der Waals surface area contributed by atoms with Crippen molar-refractivity contribution in [2.24, 2.45) is 0 Å². The van der Waals surface area contributed by atoms with Crippen molar-refractivity contribution >= 4 is 22.3 Å². The average Bonchev–Trinajstić information content (AvgIpc) is 3.07. The van der Waals surface area contributed by atoms with Crippen LogP contribution in [0.25, 0.3) is 11.4 Å². The molecule has 4 rings (SSSR count). The van der Waals surface area contributed by atoms with E-state index in [2.05, 4.69) is 25.8 Å². The standard InChI is InChI=1S/C16H18N8S/c17-16-24-23-13(25-16)4-7-20-15-11-3-6-19-9-12(11)21-14(22-15)10-2-1-5-18-8-10/h1-2,5,8,19H,3-4,6-7,9H2,(H2,17,24)(H,20,21,22). The van der Waals surface area contributed by atoms with E-state index in [1.54, 1.807) is 12.4 Å². The van der Waals surface area contributed by atoms with Crippen molar-refractivity contribution in [1.82, 2.24) is 30.5 Å². The van der Waals surface area contributed by atoms with Gasteiger partial charge in [0.05, 0.1) is 5.69 Å². The largest absolute Gasteiger partial charge is 0.374 e. The third kappa shape index (κ3) is 3.57. The molecule has 3 aromatic heterocycles. The van der Waals surface area contributed by atoms with E-state index >= 15 is 0 Å². The first kappa shape index (κ1) is 15.9. The second-order valence-corrected chi connectivity index (χ2v) is 6.79. The maximum Gasteiger partial charge on any atom is 0.203 e. The van der Waals surface area contributed by atoms with Gasteiger partial charge in [0.15, 0.2) is 5.82 Å². The molecule has 25 heavy (non-hydrogen) atoms. The summed E-state index contributed by atoms with van der Waals surface area (Å²) >= 11 is 1.42. The molecule has 0 bridgehead atoms. The molecule has 0 saturated carbocycles. The molecule has 0 spiro atoms. The Balaban J connectivity index is 1.58. The first-order chi connectivity index (χ1) is 12.3. The zero-order valence-corrected chi connectivity index (χ0v) is 14.4. The Hall–Kier alpha value is -2.65. The molecular weight excluding hydrogens is 336 g/mol. The molecule has 0 aliphatic carbocycles. The predicted octanol–water partition coefficient (Wildman–Crippen LogP) is 1.27. The molecule has 4 heterocycles. The van der Waals surface area contributed by atoms with Crippen LogP contribution in [0.1, 0.15) is 16.3 Å². The summed E-state index contributed by atoms with van der Waals surface area (Å²) in [7, 11) is 0. The van der Waals surface area contributed by atoms with Gasteiger partial charge in [-0.25, -0.2) is 9.97 Å². The SMILES string of the molecule is Nc1nnc(CCNc2nc(-c3cccnc3)nc3c2CCNC3)s1. The first-order valence-corrected chi connectivity index (χ1v) is 8.94. The molecule has 0 saturated heterocycles. The molecule has 128 valence electrons. The highest BCUT2D eigenvalue weighted by Gasteiger charge is 2.18. The monoisotopic (exact) mass is 354 g/mol. The Morgan fingerprint density at radius 1 is 1.28 bits per heavy atom. The summed E-state index contributed by atoms with van der Waals surface area (Å²) in [6, 6.07) is 3.86. The van der Waals surface area contributed by atoms with Gasteiger partial charge in [-0.2, -0.15) is 0 Å². The van der Waals surface area contributed by atoms with Gasteiger partial charge in [0.2, 0.25) is 5.13 Å². The number of hydrogen-bond acceptors (Lipinski definition) is 9. The van der Waals surface area contributed by atoms with Crippen LogP contribution >= 0.6 is 11.3 Å². The lowest BCUT2D eigenvalue weighted by atomic mass is 10.1. The van der Waals surface area contributed by atoms with Crippen molar-refractivity contribution < 1.29 is 0 Å². The van der Waals surface area contributed by atoms with Crippen LogP contribution in [0.3, 0.4) is 0 Å². The van der Waals surface area contributed by atoms with Gasteiger partial charge in [0.25, 0.3) is 0 Å². The Bertz CT molecular complexity index is 864. The van der Waals surface area contributed by atoms with Gasteiger partial charge in [0, 0.05) is 43.0 Å². The highest BCUT2D eigenvalue weighted by Crippen LogP contribution is 2.24. The number of fused-ring (bicyclic) bond motifs is 1. The van der Waals surface area contributed by atoms with Gasteiger partial charge in [-0.15, -0.1) is 10.2 Å². The van der Waals surface area contributed by atoms with Gasteiger partial charge < -0.3 is 16.4 Å². The van der Waals surface area contributed by atoms with Crippen molar-refractivity contribution in [3.8, 4) is 11.4 Å². The zero-order valence-electron chi connectivity index (χ0n) is 13.6. The molecule has 0 unspecified atom stereocenters. The second kappa shape index (κ2) is 7.08. The van der Waals surface area contributed by atoms with Crippen LogP contribution in [-0.2, 0) is 19.4 Å². The van der Waals surface area contributed by atoms with Crippen molar-refractivity contribution in [2.45, 2.75) is 19.4 Å². The van der Waals surface area contributed by atoms with Crippen LogP contribution in [0.5, 0.6) is 0 Å². The Kier molecular flexibility index (Phi) is 4.49. The van der Waals surface area contributed by atoms with Crippen molar-refractivity contribution in [1.29, 1.82) is 0 Å². The topological polar surface area (TPSA) is 115 Å². The molecule has 3 aromatic rings. The van der Waals surface area contributed by atoms with Crippen LogP contribution < -0.4 is 16.4 Å². The highest BCUT2D eigenvalue weighted by atomic mass is 32.1. The smallest absolute Gasteiger partial charge is 0.203 e. The highest BCUT2D eigenvalue weighted by molar-refractivity contribution is 7.15.